The second-order valence-corrected chi connectivity index (χ2v) is 26.2. The molecule has 474 valence electrons. The lowest BCUT2D eigenvalue weighted by Crippen LogP contribution is -2.61. The van der Waals surface area contributed by atoms with E-state index in [1.165, 1.54) is 23.1 Å². The van der Waals surface area contributed by atoms with Gasteiger partial charge in [-0.3, -0.25) is 0 Å². The Bertz CT molecular complexity index is 5860. The molecule has 17 aromatic rings. The van der Waals surface area contributed by atoms with Crippen LogP contribution >= 0.6 is 0 Å². The van der Waals surface area contributed by atoms with Crippen LogP contribution in [0.15, 0.2) is 346 Å². The Morgan fingerprint density at radius 1 is 0.277 bits per heavy atom. The first-order chi connectivity index (χ1) is 49.7. The molecule has 9 heteroatoms. The first-order valence-corrected chi connectivity index (χ1v) is 34.0. The number of anilines is 6. The van der Waals surface area contributed by atoms with Crippen molar-refractivity contribution in [3.8, 4) is 84.2 Å². The van der Waals surface area contributed by atoms with Gasteiger partial charge in [-0.1, -0.05) is 218 Å². The van der Waals surface area contributed by atoms with E-state index in [9.17, 15) is 5.26 Å². The molecule has 0 N–H and O–H groups in total. The van der Waals surface area contributed by atoms with Gasteiger partial charge in [0.25, 0.3) is 6.71 Å². The van der Waals surface area contributed by atoms with Crippen molar-refractivity contribution in [2.75, 3.05) is 9.80 Å². The summed E-state index contributed by atoms with van der Waals surface area (Å²) in [5, 5.41) is 14.5. The zero-order valence-electron chi connectivity index (χ0n) is 54.4. The summed E-state index contributed by atoms with van der Waals surface area (Å²) in [6.45, 7) is -0.173. The van der Waals surface area contributed by atoms with Crippen LogP contribution < -0.4 is 26.2 Å². The van der Waals surface area contributed by atoms with Gasteiger partial charge >= 0.3 is 6.18 Å². The number of fused-ring (bicyclic) bond motifs is 10. The van der Waals surface area contributed by atoms with Crippen LogP contribution in [-0.4, -0.2) is 15.8 Å². The minimum absolute atomic E-state index is 0.173. The van der Waals surface area contributed by atoms with Gasteiger partial charge in [0.1, 0.15) is 0 Å². The highest BCUT2D eigenvalue weighted by molar-refractivity contribution is 7.00. The van der Waals surface area contributed by atoms with Crippen LogP contribution in [0.1, 0.15) is 11.1 Å². The lowest BCUT2D eigenvalue weighted by molar-refractivity contribution is -0.137. The fraction of sp³-hybridized carbons (Fsp3) is 0.0109. The highest BCUT2D eigenvalue weighted by Crippen LogP contribution is 2.51. The number of halogens is 3. The minimum atomic E-state index is -4.68. The van der Waals surface area contributed by atoms with E-state index in [-0.39, 0.29) is 6.71 Å². The van der Waals surface area contributed by atoms with Gasteiger partial charge < -0.3 is 18.9 Å². The minimum Gasteiger partial charge on any atom is -0.311 e. The van der Waals surface area contributed by atoms with Crippen molar-refractivity contribution in [2.45, 2.75) is 6.18 Å². The molecule has 0 unspecified atom stereocenters. The number of nitriles is 1. The molecule has 0 spiro atoms. The second-order valence-electron chi connectivity index (χ2n) is 26.2. The maximum atomic E-state index is 15.5. The van der Waals surface area contributed by atoms with Gasteiger partial charge in [0.05, 0.1) is 50.6 Å². The van der Waals surface area contributed by atoms with E-state index in [4.69, 9.17) is 0 Å². The number of aromatic nitrogens is 2. The third-order valence-electron chi connectivity index (χ3n) is 20.5. The molecule has 0 aliphatic carbocycles. The van der Waals surface area contributed by atoms with Gasteiger partial charge in [-0.05, 0) is 199 Å². The molecule has 15 aromatic carbocycles. The molecule has 4 heterocycles. The highest BCUT2D eigenvalue weighted by atomic mass is 19.4. The molecule has 0 fully saturated rings. The first kappa shape index (κ1) is 59.1. The molecule has 0 atom stereocenters. The summed E-state index contributed by atoms with van der Waals surface area (Å²) in [5.74, 6) is 0. The molecular weight excluding hydrogens is 1240 g/mol. The van der Waals surface area contributed by atoms with Gasteiger partial charge in [-0.15, -0.1) is 0 Å². The van der Waals surface area contributed by atoms with Crippen molar-refractivity contribution < 1.29 is 13.2 Å². The number of benzene rings is 15. The molecule has 0 saturated carbocycles. The van der Waals surface area contributed by atoms with Crippen LogP contribution in [0, 0.1) is 11.3 Å². The molecule has 0 radical (unpaired) electrons. The topological polar surface area (TPSA) is 40.1 Å². The van der Waals surface area contributed by atoms with Gasteiger partial charge in [0.2, 0.25) is 0 Å². The molecule has 2 aromatic heterocycles. The van der Waals surface area contributed by atoms with E-state index in [2.05, 4.69) is 280 Å². The van der Waals surface area contributed by atoms with Crippen LogP contribution in [0.3, 0.4) is 0 Å². The van der Waals surface area contributed by atoms with Gasteiger partial charge in [-0.2, -0.15) is 18.4 Å². The van der Waals surface area contributed by atoms with Gasteiger partial charge in [0, 0.05) is 66.8 Å². The third-order valence-corrected chi connectivity index (χ3v) is 20.5. The van der Waals surface area contributed by atoms with E-state index in [0.29, 0.717) is 28.1 Å². The first-order valence-electron chi connectivity index (χ1n) is 34.0. The Morgan fingerprint density at radius 2 is 0.653 bits per heavy atom. The number of alkyl halides is 3. The number of rotatable bonds is 10. The van der Waals surface area contributed by atoms with Crippen LogP contribution in [0.2, 0.25) is 0 Å². The maximum absolute atomic E-state index is 15.5. The Kier molecular flexibility index (Phi) is 13.8. The predicted molar refractivity (Wildman–Crippen MR) is 411 cm³/mol. The average Bonchev–Trinajstić information content (AvgIpc) is 1.28. The van der Waals surface area contributed by atoms with Crippen LogP contribution in [-0.2, 0) is 6.18 Å². The van der Waals surface area contributed by atoms with E-state index >= 15 is 13.2 Å². The Hall–Kier alpha value is -13.2. The number of para-hydroxylation sites is 5. The van der Waals surface area contributed by atoms with Crippen molar-refractivity contribution in [3.05, 3.63) is 357 Å². The second kappa shape index (κ2) is 23.6. The fourth-order valence-electron chi connectivity index (χ4n) is 16.0. The standard InChI is InChI=1S/C92H57BF3N5/c94-92(95,96)70-43-46-86(78(57-70)76-47-59(58-97)41-44-84(76)100-81-36-18-13-31-73(81)74-32-14-19-37-82(74)100)101-83-38-20-15-33-75(83)77-54-64(42-45-85(77)101)69-55-89-91-90(56-69)99(72-52-67(62-27-9-3-10-28-62)49-68(53-72)63-29-11-4-12-30-63)88-40-22-17-35-80(88)93(91)79-34-16-21-39-87(79)98(89)71-50-65(60-23-5-1-6-24-60)48-66(51-71)61-25-7-2-8-26-61/h1-57H. The number of nitrogens with zero attached hydrogens (tertiary/aromatic N) is 5. The molecule has 2 aliphatic heterocycles. The maximum Gasteiger partial charge on any atom is 0.416 e. The average molecular weight is 1300 g/mol. The Labute approximate surface area is 582 Å². The number of hydrogen-bond donors (Lipinski definition) is 0. The summed E-state index contributed by atoms with van der Waals surface area (Å²) in [6.07, 6.45) is -4.68. The lowest BCUT2D eigenvalue weighted by atomic mass is 9.33. The SMILES string of the molecule is N#Cc1ccc(-n2c3ccccc3c3ccccc32)c(-c2cc(C(F)(F)F)ccc2-n2c3ccccc3c3cc(-c4cc5c6c(c4)N(c4cc(-c7ccccc7)cc(-c7ccccc7)c4)c4ccccc4B6c4ccccc4N5c4cc(-c5ccccc5)cc(-c5ccccc5)c4)ccc32)c1. The largest absolute Gasteiger partial charge is 0.416 e. The summed E-state index contributed by atoms with van der Waals surface area (Å²) in [5.41, 5.74) is 25.3. The molecule has 0 amide bonds. The van der Waals surface area contributed by atoms with Crippen molar-refractivity contribution in [2.24, 2.45) is 0 Å². The monoisotopic (exact) mass is 1300 g/mol. The third kappa shape index (κ3) is 9.78. The molecule has 0 bridgehead atoms. The molecule has 19 rings (SSSR count). The molecular formula is C92H57BF3N5. The molecule has 0 saturated heterocycles. The lowest BCUT2D eigenvalue weighted by Gasteiger charge is -2.44. The van der Waals surface area contributed by atoms with Crippen LogP contribution in [0.4, 0.5) is 47.3 Å². The van der Waals surface area contributed by atoms with Crippen molar-refractivity contribution in [1.82, 2.24) is 9.13 Å². The normalized spacial score (nSPS) is 12.4. The fourth-order valence-corrected chi connectivity index (χ4v) is 16.0. The highest BCUT2D eigenvalue weighted by Gasteiger charge is 2.44. The zero-order chi connectivity index (χ0) is 67.5. The predicted octanol–water partition coefficient (Wildman–Crippen LogP) is 22.9. The Morgan fingerprint density at radius 3 is 1.10 bits per heavy atom. The van der Waals surface area contributed by atoms with Crippen LogP contribution in [0.5, 0.6) is 0 Å². The summed E-state index contributed by atoms with van der Waals surface area (Å²) in [4.78, 5) is 4.97. The summed E-state index contributed by atoms with van der Waals surface area (Å²) < 4.78 is 50.6. The summed E-state index contributed by atoms with van der Waals surface area (Å²) in [7, 11) is 0. The van der Waals surface area contributed by atoms with Gasteiger partial charge in [0.15, 0.2) is 0 Å². The van der Waals surface area contributed by atoms with Crippen LogP contribution in [0.25, 0.3) is 122 Å². The summed E-state index contributed by atoms with van der Waals surface area (Å²) in [6, 6.07) is 122. The van der Waals surface area contributed by atoms with E-state index in [1.807, 2.05) is 60.7 Å². The quantitative estimate of drug-likeness (QED) is 0.128. The van der Waals surface area contributed by atoms with Gasteiger partial charge in [-0.25, -0.2) is 0 Å². The molecule has 101 heavy (non-hydrogen) atoms. The van der Waals surface area contributed by atoms with E-state index < -0.39 is 11.7 Å². The van der Waals surface area contributed by atoms with Crippen molar-refractivity contribution in [3.63, 3.8) is 0 Å². The zero-order valence-corrected chi connectivity index (χ0v) is 54.4. The molecule has 2 aliphatic rings. The van der Waals surface area contributed by atoms with E-state index in [1.54, 1.807) is 18.2 Å². The Balaban J connectivity index is 0.879. The van der Waals surface area contributed by atoms with Crippen molar-refractivity contribution >= 4 is 101 Å². The van der Waals surface area contributed by atoms with E-state index in [0.717, 1.165) is 139 Å². The molecule has 5 nitrogen and oxygen atoms in total. The summed E-state index contributed by atoms with van der Waals surface area (Å²) >= 11 is 0. The number of hydrogen-bond acceptors (Lipinski definition) is 3. The smallest absolute Gasteiger partial charge is 0.311 e. The van der Waals surface area contributed by atoms with Crippen molar-refractivity contribution in [1.29, 1.82) is 5.26 Å².